The number of carbonyl (C=O) groups is 1. The topological polar surface area (TPSA) is 70.7 Å². The number of halogens is 1. The van der Waals surface area contributed by atoms with Crippen LogP contribution < -0.4 is 5.32 Å². The molecule has 0 radical (unpaired) electrons. The van der Waals surface area contributed by atoms with Gasteiger partial charge in [-0.3, -0.25) is 4.79 Å². The van der Waals surface area contributed by atoms with Crippen molar-refractivity contribution in [2.45, 2.75) is 25.8 Å². The van der Waals surface area contributed by atoms with Gasteiger partial charge in [-0.2, -0.15) is 15.4 Å². The Morgan fingerprint density at radius 1 is 1.79 bits per heavy atom. The van der Waals surface area contributed by atoms with E-state index in [4.69, 9.17) is 11.6 Å². The molecule has 1 aromatic heterocycles. The normalized spacial score (nSPS) is 12.4. The molecule has 1 heterocycles. The molecule has 1 unspecified atom stereocenters. The molecule has 0 aromatic carbocycles. The number of carbonyl (C=O) groups excluding carboxylic acids is 1. The highest BCUT2D eigenvalue weighted by Gasteiger charge is 2.13. The Labute approximate surface area is 87.2 Å². The van der Waals surface area contributed by atoms with Crippen LogP contribution in [0.4, 0.5) is 0 Å². The number of aromatic amines is 1. The van der Waals surface area contributed by atoms with Gasteiger partial charge in [0.15, 0.2) is 5.69 Å². The van der Waals surface area contributed by atoms with Crippen molar-refractivity contribution in [3.63, 3.8) is 0 Å². The van der Waals surface area contributed by atoms with Crippen molar-refractivity contribution in [2.75, 3.05) is 5.88 Å². The lowest BCUT2D eigenvalue weighted by atomic mass is 10.1. The molecule has 5 nitrogen and oxygen atoms in total. The third-order valence-electron chi connectivity index (χ3n) is 1.93. The first-order chi connectivity index (χ1) is 6.77. The first kappa shape index (κ1) is 11.0. The number of hydrogen-bond acceptors (Lipinski definition) is 3. The van der Waals surface area contributed by atoms with E-state index in [0.29, 0.717) is 11.6 Å². The zero-order chi connectivity index (χ0) is 10.4. The van der Waals surface area contributed by atoms with Crippen molar-refractivity contribution in [1.82, 2.24) is 20.7 Å². The summed E-state index contributed by atoms with van der Waals surface area (Å²) >= 11 is 5.60. The second-order valence-corrected chi connectivity index (χ2v) is 3.29. The highest BCUT2D eigenvalue weighted by Crippen LogP contribution is 2.00. The largest absolute Gasteiger partial charge is 0.348 e. The van der Waals surface area contributed by atoms with E-state index in [9.17, 15) is 4.79 Å². The third-order valence-corrected chi connectivity index (χ3v) is 2.15. The van der Waals surface area contributed by atoms with Crippen LogP contribution in [0.3, 0.4) is 0 Å². The smallest absolute Gasteiger partial charge is 0.273 e. The Bertz CT molecular complexity index is 275. The standard InChI is InChI=1S/C8H13ClN4O/c1-2-6(3-4-9)11-8(14)7-5-10-13-12-7/h5-6H,2-4H2,1H3,(H,11,14)(H,10,12,13). The molecule has 0 aliphatic carbocycles. The summed E-state index contributed by atoms with van der Waals surface area (Å²) < 4.78 is 0. The summed E-state index contributed by atoms with van der Waals surface area (Å²) in [6, 6.07) is 0.108. The Morgan fingerprint density at radius 2 is 2.57 bits per heavy atom. The van der Waals surface area contributed by atoms with Crippen LogP contribution in [-0.4, -0.2) is 33.2 Å². The minimum absolute atomic E-state index is 0.108. The van der Waals surface area contributed by atoms with Crippen molar-refractivity contribution in [3.05, 3.63) is 11.9 Å². The van der Waals surface area contributed by atoms with Crippen LogP contribution >= 0.6 is 11.6 Å². The van der Waals surface area contributed by atoms with E-state index in [1.165, 1.54) is 6.20 Å². The summed E-state index contributed by atoms with van der Waals surface area (Å²) in [5, 5.41) is 12.5. The number of H-pyrrole nitrogens is 1. The molecule has 0 fully saturated rings. The number of alkyl halides is 1. The van der Waals surface area contributed by atoms with Crippen molar-refractivity contribution in [1.29, 1.82) is 0 Å². The van der Waals surface area contributed by atoms with Crippen LogP contribution in [0.15, 0.2) is 6.20 Å². The molecular weight excluding hydrogens is 204 g/mol. The minimum atomic E-state index is -0.212. The number of hydrogen-bond donors (Lipinski definition) is 2. The Balaban J connectivity index is 2.47. The van der Waals surface area contributed by atoms with Gasteiger partial charge in [0.25, 0.3) is 5.91 Å². The highest BCUT2D eigenvalue weighted by atomic mass is 35.5. The maximum absolute atomic E-state index is 11.5. The SMILES string of the molecule is CCC(CCCl)NC(=O)c1cn[nH]n1. The Morgan fingerprint density at radius 3 is 3.07 bits per heavy atom. The van der Waals surface area contributed by atoms with Crippen molar-refractivity contribution in [3.8, 4) is 0 Å². The third kappa shape index (κ3) is 2.99. The first-order valence-corrected chi connectivity index (χ1v) is 5.04. The van der Waals surface area contributed by atoms with Crippen molar-refractivity contribution in [2.24, 2.45) is 0 Å². The van der Waals surface area contributed by atoms with Crippen LogP contribution in [0.1, 0.15) is 30.3 Å². The molecule has 14 heavy (non-hydrogen) atoms. The summed E-state index contributed by atoms with van der Waals surface area (Å²) in [5.74, 6) is 0.327. The van der Waals surface area contributed by atoms with E-state index in [1.54, 1.807) is 0 Å². The molecule has 1 atom stereocenters. The molecule has 0 spiro atoms. The van der Waals surface area contributed by atoms with Gasteiger partial charge in [0.1, 0.15) is 0 Å². The number of rotatable bonds is 5. The van der Waals surface area contributed by atoms with Gasteiger partial charge >= 0.3 is 0 Å². The van der Waals surface area contributed by atoms with Gasteiger partial charge in [0, 0.05) is 11.9 Å². The summed E-state index contributed by atoms with van der Waals surface area (Å²) in [6.07, 6.45) is 3.01. The molecule has 0 aliphatic rings. The molecule has 0 aliphatic heterocycles. The maximum atomic E-state index is 11.5. The summed E-state index contributed by atoms with van der Waals surface area (Å²) in [6.45, 7) is 2.00. The fourth-order valence-electron chi connectivity index (χ4n) is 1.08. The van der Waals surface area contributed by atoms with E-state index < -0.39 is 0 Å². The van der Waals surface area contributed by atoms with Crippen LogP contribution in [0.5, 0.6) is 0 Å². The minimum Gasteiger partial charge on any atom is -0.348 e. The average molecular weight is 217 g/mol. The van der Waals surface area contributed by atoms with Gasteiger partial charge in [0.2, 0.25) is 0 Å². The first-order valence-electron chi connectivity index (χ1n) is 4.50. The molecule has 78 valence electrons. The predicted octanol–water partition coefficient (Wildman–Crippen LogP) is 0.942. The van der Waals surface area contributed by atoms with Crippen molar-refractivity contribution < 1.29 is 4.79 Å². The molecule has 1 rings (SSSR count). The van der Waals surface area contributed by atoms with Gasteiger partial charge in [-0.05, 0) is 12.8 Å². The zero-order valence-corrected chi connectivity index (χ0v) is 8.71. The number of nitrogens with one attached hydrogen (secondary N) is 2. The van der Waals surface area contributed by atoms with Crippen LogP contribution in [0.25, 0.3) is 0 Å². The summed E-state index contributed by atoms with van der Waals surface area (Å²) in [4.78, 5) is 11.5. The molecule has 1 amide bonds. The molecule has 1 aromatic rings. The van der Waals surface area contributed by atoms with Gasteiger partial charge in [-0.25, -0.2) is 0 Å². The molecule has 0 bridgehead atoms. The summed E-state index contributed by atoms with van der Waals surface area (Å²) in [7, 11) is 0. The fraction of sp³-hybridized carbons (Fsp3) is 0.625. The lowest BCUT2D eigenvalue weighted by Gasteiger charge is -2.13. The number of nitrogens with zero attached hydrogens (tertiary/aromatic N) is 2. The monoisotopic (exact) mass is 216 g/mol. The highest BCUT2D eigenvalue weighted by molar-refractivity contribution is 6.17. The van der Waals surface area contributed by atoms with Gasteiger partial charge in [0.05, 0.1) is 6.20 Å². The zero-order valence-electron chi connectivity index (χ0n) is 7.96. The predicted molar refractivity (Wildman–Crippen MR) is 53.3 cm³/mol. The molecule has 0 saturated carbocycles. The van der Waals surface area contributed by atoms with Crippen LogP contribution in [-0.2, 0) is 0 Å². The molecule has 2 N–H and O–H groups in total. The fourth-order valence-corrected chi connectivity index (χ4v) is 1.34. The molecule has 0 saturated heterocycles. The van der Waals surface area contributed by atoms with Crippen molar-refractivity contribution >= 4 is 17.5 Å². The van der Waals surface area contributed by atoms with Crippen LogP contribution in [0, 0.1) is 0 Å². The van der Waals surface area contributed by atoms with Gasteiger partial charge < -0.3 is 5.32 Å². The second-order valence-electron chi connectivity index (χ2n) is 2.91. The van der Waals surface area contributed by atoms with E-state index in [0.717, 1.165) is 12.8 Å². The average Bonchev–Trinajstić information content (AvgIpc) is 2.69. The summed E-state index contributed by atoms with van der Waals surface area (Å²) in [5.41, 5.74) is 0.304. The Kier molecular flexibility index (Phi) is 4.39. The van der Waals surface area contributed by atoms with E-state index in [-0.39, 0.29) is 11.9 Å². The lowest BCUT2D eigenvalue weighted by Crippen LogP contribution is -2.34. The Hall–Kier alpha value is -1.10. The van der Waals surface area contributed by atoms with Gasteiger partial charge in [-0.15, -0.1) is 11.6 Å². The van der Waals surface area contributed by atoms with Gasteiger partial charge in [-0.1, -0.05) is 6.92 Å². The molecular formula is C8H13ClN4O. The molecule has 6 heteroatoms. The van der Waals surface area contributed by atoms with Crippen LogP contribution in [0.2, 0.25) is 0 Å². The van der Waals surface area contributed by atoms with E-state index in [2.05, 4.69) is 20.7 Å². The van der Waals surface area contributed by atoms with E-state index in [1.807, 2.05) is 6.92 Å². The van der Waals surface area contributed by atoms with E-state index >= 15 is 0 Å². The number of aromatic nitrogens is 3. The second kappa shape index (κ2) is 5.59. The maximum Gasteiger partial charge on any atom is 0.273 e. The number of amides is 1. The quantitative estimate of drug-likeness (QED) is 0.720. The lowest BCUT2D eigenvalue weighted by molar-refractivity contribution is 0.0930.